The van der Waals surface area contributed by atoms with E-state index in [9.17, 15) is 18.0 Å². The first-order valence-electron chi connectivity index (χ1n) is 9.12. The molecule has 160 valence electrons. The molecule has 29 heavy (non-hydrogen) atoms. The molecule has 1 aromatic rings. The molecule has 0 radical (unpaired) electrons. The monoisotopic (exact) mass is 431 g/mol. The molecule has 0 amide bonds. The van der Waals surface area contributed by atoms with Gasteiger partial charge in [0, 0.05) is 37.9 Å². The van der Waals surface area contributed by atoms with Crippen LogP contribution in [-0.4, -0.2) is 48.2 Å². The number of rotatable bonds is 10. The van der Waals surface area contributed by atoms with Crippen molar-refractivity contribution in [2.45, 2.75) is 31.8 Å². The van der Waals surface area contributed by atoms with E-state index in [1.54, 1.807) is 13.2 Å². The van der Waals surface area contributed by atoms with Gasteiger partial charge < -0.3 is 19.5 Å². The molecule has 0 fully saturated rings. The second-order valence-electron chi connectivity index (χ2n) is 6.42. The fourth-order valence-corrected chi connectivity index (χ4v) is 3.95. The van der Waals surface area contributed by atoms with Crippen molar-refractivity contribution in [2.75, 3.05) is 26.0 Å². The first-order valence-corrected chi connectivity index (χ1v) is 10.1. The first kappa shape index (κ1) is 23.2. The summed E-state index contributed by atoms with van der Waals surface area (Å²) in [7, 11) is 1.59. The van der Waals surface area contributed by atoms with Crippen LogP contribution in [0.5, 0.6) is 0 Å². The zero-order valence-corrected chi connectivity index (χ0v) is 17.1. The number of nitrogens with zero attached hydrogens (tertiary/aromatic N) is 1. The molecule has 1 unspecified atom stereocenters. The highest BCUT2D eigenvalue weighted by Crippen LogP contribution is 2.36. The minimum Gasteiger partial charge on any atom is -0.449 e. The smallest absolute Gasteiger partial charge is 0.449 e. The predicted octanol–water partition coefficient (Wildman–Crippen LogP) is 5.20. The van der Waals surface area contributed by atoms with Crippen LogP contribution in [0.1, 0.15) is 25.3 Å². The maximum atomic E-state index is 14.4. The second-order valence-corrected chi connectivity index (χ2v) is 7.50. The van der Waals surface area contributed by atoms with Crippen molar-refractivity contribution in [3.63, 3.8) is 0 Å². The maximum absolute atomic E-state index is 14.4. The lowest BCUT2D eigenvalue weighted by atomic mass is 10.1. The normalized spacial score (nSPS) is 15.6. The molecule has 1 aromatic carbocycles. The van der Waals surface area contributed by atoms with Gasteiger partial charge in [-0.3, -0.25) is 0 Å². The lowest BCUT2D eigenvalue weighted by Crippen LogP contribution is -2.34. The van der Waals surface area contributed by atoms with E-state index in [0.717, 1.165) is 42.4 Å². The third-order valence-corrected chi connectivity index (χ3v) is 5.57. The summed E-state index contributed by atoms with van der Waals surface area (Å²) < 4.78 is 52.1. The lowest BCUT2D eigenvalue weighted by molar-refractivity contribution is -0.00709. The van der Waals surface area contributed by atoms with Gasteiger partial charge in [0.25, 0.3) is 5.92 Å². The van der Waals surface area contributed by atoms with Gasteiger partial charge >= 0.3 is 6.16 Å². The van der Waals surface area contributed by atoms with E-state index >= 15 is 0 Å². The van der Waals surface area contributed by atoms with Crippen molar-refractivity contribution in [1.29, 1.82) is 0 Å². The van der Waals surface area contributed by atoms with Gasteiger partial charge in [-0.05, 0) is 24.6 Å². The topological polar surface area (TPSA) is 59.0 Å². The molecule has 1 aliphatic rings. The Labute approximate surface area is 172 Å². The summed E-state index contributed by atoms with van der Waals surface area (Å²) in [5.41, 5.74) is -0.263. The van der Waals surface area contributed by atoms with Crippen LogP contribution in [0.25, 0.3) is 0 Å². The third kappa shape index (κ3) is 6.71. The van der Waals surface area contributed by atoms with Gasteiger partial charge in [-0.1, -0.05) is 25.1 Å². The number of carbonyl (C=O) groups is 1. The van der Waals surface area contributed by atoms with Gasteiger partial charge in [-0.2, -0.15) is 0 Å². The summed E-state index contributed by atoms with van der Waals surface area (Å²) in [6.07, 6.45) is 1.96. The second kappa shape index (κ2) is 10.6. The van der Waals surface area contributed by atoms with Gasteiger partial charge in [0.2, 0.25) is 0 Å². The number of methoxy groups -OCH3 is 1. The minimum absolute atomic E-state index is 0.0142. The number of halogens is 3. The van der Waals surface area contributed by atoms with Gasteiger partial charge in [0.1, 0.15) is 10.8 Å². The van der Waals surface area contributed by atoms with Crippen molar-refractivity contribution < 1.29 is 32.5 Å². The van der Waals surface area contributed by atoms with Crippen LogP contribution < -0.4 is 0 Å². The lowest BCUT2D eigenvalue weighted by Gasteiger charge is -2.32. The Hall–Kier alpha value is -2.13. The van der Waals surface area contributed by atoms with Crippen molar-refractivity contribution in [3.05, 3.63) is 58.6 Å². The molecule has 0 aliphatic carbocycles. The molecule has 9 heteroatoms. The number of allylic oxidation sites excluding steroid dienone is 1. The Kier molecular flexibility index (Phi) is 8.45. The highest BCUT2D eigenvalue weighted by Gasteiger charge is 2.32. The zero-order chi connectivity index (χ0) is 21.4. The predicted molar refractivity (Wildman–Crippen MR) is 105 cm³/mol. The molecule has 0 aromatic heterocycles. The number of hydrogen-bond donors (Lipinski definition) is 1. The Bertz CT molecular complexity index is 749. The molecule has 0 bridgehead atoms. The van der Waals surface area contributed by atoms with Crippen molar-refractivity contribution in [2.24, 2.45) is 0 Å². The molecule has 1 aliphatic heterocycles. The number of thioether (sulfide) groups is 1. The first-order chi connectivity index (χ1) is 13.8. The molecule has 1 N–H and O–H groups in total. The summed E-state index contributed by atoms with van der Waals surface area (Å²) in [5, 5.41) is 9.45. The molecule has 5 nitrogen and oxygen atoms in total. The summed E-state index contributed by atoms with van der Waals surface area (Å²) in [6, 6.07) is 4.14. The van der Waals surface area contributed by atoms with Crippen LogP contribution >= 0.6 is 11.8 Å². The number of carboxylic acid groups (broad SMARTS) is 1. The highest BCUT2D eigenvalue weighted by atomic mass is 32.2. The standard InChI is InChI=1S/C20H24F3NO4S/c1-3-16(27-2)13-24-11-4-5-17(28-19(25)26)18(24)29-12-10-20(22,23)14-6-8-15(21)9-7-14/h4-9,16H,3,10-13H2,1-2H3,(H,25,26). The molecule has 1 heterocycles. The van der Waals surface area contributed by atoms with Crippen LogP contribution in [0, 0.1) is 5.82 Å². The third-order valence-electron chi connectivity index (χ3n) is 4.42. The number of ether oxygens (including phenoxy) is 2. The van der Waals surface area contributed by atoms with E-state index in [1.165, 1.54) is 6.08 Å². The molecule has 0 saturated heterocycles. The van der Waals surface area contributed by atoms with Crippen molar-refractivity contribution in [3.8, 4) is 0 Å². The van der Waals surface area contributed by atoms with E-state index < -0.39 is 24.3 Å². The molecule has 0 saturated carbocycles. The van der Waals surface area contributed by atoms with Crippen LogP contribution in [-0.2, 0) is 15.4 Å². The highest BCUT2D eigenvalue weighted by molar-refractivity contribution is 8.03. The Morgan fingerprint density at radius 2 is 2.03 bits per heavy atom. The number of benzene rings is 1. The number of hydrogen-bond acceptors (Lipinski definition) is 5. The van der Waals surface area contributed by atoms with E-state index in [4.69, 9.17) is 14.6 Å². The minimum atomic E-state index is -3.14. The van der Waals surface area contributed by atoms with E-state index in [-0.39, 0.29) is 23.2 Å². The maximum Gasteiger partial charge on any atom is 0.511 e. The zero-order valence-electron chi connectivity index (χ0n) is 16.2. The van der Waals surface area contributed by atoms with Crippen molar-refractivity contribution in [1.82, 2.24) is 4.90 Å². The van der Waals surface area contributed by atoms with Gasteiger partial charge in [-0.25, -0.2) is 18.0 Å². The largest absolute Gasteiger partial charge is 0.511 e. The van der Waals surface area contributed by atoms with Gasteiger partial charge in [-0.15, -0.1) is 11.8 Å². The van der Waals surface area contributed by atoms with Crippen LogP contribution in [0.15, 0.2) is 47.2 Å². The SMILES string of the molecule is CCC(CN1CC=CC(OC(=O)O)=C1SCCC(F)(F)c1ccc(F)cc1)OC. The summed E-state index contributed by atoms with van der Waals surface area (Å²) in [5.74, 6) is -3.60. The molecular weight excluding hydrogens is 407 g/mol. The Morgan fingerprint density at radius 3 is 2.62 bits per heavy atom. The molecular formula is C20H24F3NO4S. The quantitative estimate of drug-likeness (QED) is 0.514. The average Bonchev–Trinajstić information content (AvgIpc) is 2.67. The fraction of sp³-hybridized carbons (Fsp3) is 0.450. The number of alkyl halides is 2. The van der Waals surface area contributed by atoms with Gasteiger partial charge in [0.15, 0.2) is 5.76 Å². The summed E-state index contributed by atoms with van der Waals surface area (Å²) in [4.78, 5) is 12.9. The van der Waals surface area contributed by atoms with E-state index in [2.05, 4.69) is 0 Å². The van der Waals surface area contributed by atoms with Crippen LogP contribution in [0.3, 0.4) is 0 Å². The molecule has 1 atom stereocenters. The van der Waals surface area contributed by atoms with Crippen LogP contribution in [0.4, 0.5) is 18.0 Å². The Morgan fingerprint density at radius 1 is 1.34 bits per heavy atom. The van der Waals surface area contributed by atoms with Crippen LogP contribution in [0.2, 0.25) is 0 Å². The summed E-state index contributed by atoms with van der Waals surface area (Å²) >= 11 is 1.10. The average molecular weight is 431 g/mol. The van der Waals surface area contributed by atoms with E-state index in [0.29, 0.717) is 18.1 Å². The summed E-state index contributed by atoms with van der Waals surface area (Å²) in [6.45, 7) is 2.92. The molecule has 0 spiro atoms. The van der Waals surface area contributed by atoms with Crippen molar-refractivity contribution >= 4 is 17.9 Å². The fourth-order valence-electron chi connectivity index (χ4n) is 2.82. The molecule has 2 rings (SSSR count). The van der Waals surface area contributed by atoms with Gasteiger partial charge in [0.05, 0.1) is 6.10 Å². The Balaban J connectivity index is 2.12. The van der Waals surface area contributed by atoms with E-state index in [1.807, 2.05) is 11.8 Å².